The van der Waals surface area contributed by atoms with Crippen LogP contribution in [0.25, 0.3) is 0 Å². The fraction of sp³-hybridized carbons (Fsp3) is 0.429. The number of nitrogens with zero attached hydrogens (tertiary/aromatic N) is 3. The first-order chi connectivity index (χ1) is 6.61. The van der Waals surface area contributed by atoms with Crippen LogP contribution in [-0.4, -0.2) is 36.9 Å². The summed E-state index contributed by atoms with van der Waals surface area (Å²) < 4.78 is 1.27. The SMILES string of the molecule is O=C(O)CCC(C(=O)O)n1cnnc1. The molecule has 1 atom stereocenters. The standard InChI is InChI=1S/C7H9N3O4/c11-6(12)2-1-5(7(13)14)10-3-8-9-4-10/h3-5H,1-2H2,(H,11,12)(H,13,14). The number of carboxylic acids is 2. The van der Waals surface area contributed by atoms with Gasteiger partial charge >= 0.3 is 11.9 Å². The van der Waals surface area contributed by atoms with Gasteiger partial charge in [0.25, 0.3) is 0 Å². The van der Waals surface area contributed by atoms with E-state index in [1.165, 1.54) is 17.2 Å². The first-order valence-electron chi connectivity index (χ1n) is 3.90. The highest BCUT2D eigenvalue weighted by Crippen LogP contribution is 2.12. The molecule has 14 heavy (non-hydrogen) atoms. The first kappa shape index (κ1) is 10.2. The van der Waals surface area contributed by atoms with Crippen LogP contribution in [0.15, 0.2) is 12.7 Å². The Morgan fingerprint density at radius 2 is 1.86 bits per heavy atom. The molecule has 0 radical (unpaired) electrons. The Morgan fingerprint density at radius 1 is 1.29 bits per heavy atom. The summed E-state index contributed by atoms with van der Waals surface area (Å²) in [5.41, 5.74) is 0. The van der Waals surface area contributed by atoms with Gasteiger partial charge in [-0.25, -0.2) is 4.79 Å². The smallest absolute Gasteiger partial charge is 0.326 e. The lowest BCUT2D eigenvalue weighted by Crippen LogP contribution is -2.19. The van der Waals surface area contributed by atoms with Gasteiger partial charge in [-0.1, -0.05) is 0 Å². The van der Waals surface area contributed by atoms with Crippen LogP contribution < -0.4 is 0 Å². The number of rotatable bonds is 5. The van der Waals surface area contributed by atoms with Crippen LogP contribution in [0, 0.1) is 0 Å². The van der Waals surface area contributed by atoms with Crippen LogP contribution in [0.5, 0.6) is 0 Å². The molecular formula is C7H9N3O4. The fourth-order valence-electron chi connectivity index (χ4n) is 1.03. The molecule has 76 valence electrons. The Bertz CT molecular complexity index is 322. The van der Waals surface area contributed by atoms with E-state index in [9.17, 15) is 9.59 Å². The van der Waals surface area contributed by atoms with Gasteiger partial charge in [-0.2, -0.15) is 0 Å². The first-order valence-corrected chi connectivity index (χ1v) is 3.90. The van der Waals surface area contributed by atoms with E-state index in [4.69, 9.17) is 10.2 Å². The van der Waals surface area contributed by atoms with Gasteiger partial charge < -0.3 is 14.8 Å². The van der Waals surface area contributed by atoms with Gasteiger partial charge in [-0.05, 0) is 6.42 Å². The highest BCUT2D eigenvalue weighted by molar-refractivity contribution is 5.73. The topological polar surface area (TPSA) is 105 Å². The summed E-state index contributed by atoms with van der Waals surface area (Å²) in [6.45, 7) is 0. The molecule has 0 aromatic carbocycles. The molecule has 7 heteroatoms. The van der Waals surface area contributed by atoms with Crippen LogP contribution in [0.2, 0.25) is 0 Å². The van der Waals surface area contributed by atoms with Crippen molar-refractivity contribution >= 4 is 11.9 Å². The highest BCUT2D eigenvalue weighted by Gasteiger charge is 2.20. The number of hydrogen-bond donors (Lipinski definition) is 2. The van der Waals surface area contributed by atoms with Crippen molar-refractivity contribution in [2.75, 3.05) is 0 Å². The minimum atomic E-state index is -1.09. The molecule has 7 nitrogen and oxygen atoms in total. The predicted molar refractivity (Wildman–Crippen MR) is 43.6 cm³/mol. The molecule has 0 saturated carbocycles. The van der Waals surface area contributed by atoms with Crippen molar-refractivity contribution in [3.8, 4) is 0 Å². The van der Waals surface area contributed by atoms with E-state index < -0.39 is 18.0 Å². The number of aromatic nitrogens is 3. The van der Waals surface area contributed by atoms with Gasteiger partial charge in [0, 0.05) is 6.42 Å². The minimum absolute atomic E-state index is 0.0166. The van der Waals surface area contributed by atoms with Crippen molar-refractivity contribution in [1.29, 1.82) is 0 Å². The molecule has 1 heterocycles. The van der Waals surface area contributed by atoms with Crippen LogP contribution >= 0.6 is 0 Å². The van der Waals surface area contributed by atoms with Gasteiger partial charge in [0.1, 0.15) is 18.7 Å². The molecule has 2 N–H and O–H groups in total. The maximum atomic E-state index is 10.7. The molecule has 1 aromatic rings. The maximum Gasteiger partial charge on any atom is 0.326 e. The third-order valence-corrected chi connectivity index (χ3v) is 1.71. The normalized spacial score (nSPS) is 12.3. The Morgan fingerprint density at radius 3 is 2.29 bits per heavy atom. The van der Waals surface area contributed by atoms with E-state index in [1.54, 1.807) is 0 Å². The molecule has 1 aromatic heterocycles. The monoisotopic (exact) mass is 199 g/mol. The van der Waals surface area contributed by atoms with Crippen molar-refractivity contribution in [2.24, 2.45) is 0 Å². The summed E-state index contributed by atoms with van der Waals surface area (Å²) in [5, 5.41) is 24.1. The van der Waals surface area contributed by atoms with Gasteiger partial charge in [0.2, 0.25) is 0 Å². The highest BCUT2D eigenvalue weighted by atomic mass is 16.4. The molecule has 1 unspecified atom stereocenters. The fourth-order valence-corrected chi connectivity index (χ4v) is 1.03. The lowest BCUT2D eigenvalue weighted by molar-refractivity contribution is -0.142. The van der Waals surface area contributed by atoms with Gasteiger partial charge in [0.15, 0.2) is 0 Å². The average Bonchev–Trinajstić information content (AvgIpc) is 2.56. The van der Waals surface area contributed by atoms with E-state index in [0.717, 1.165) is 0 Å². The Hall–Kier alpha value is -1.92. The summed E-state index contributed by atoms with van der Waals surface area (Å²) in [4.78, 5) is 21.0. The van der Waals surface area contributed by atoms with Gasteiger partial charge in [-0.15, -0.1) is 10.2 Å². The van der Waals surface area contributed by atoms with Crippen LogP contribution in [0.3, 0.4) is 0 Å². The zero-order valence-electron chi connectivity index (χ0n) is 7.20. The lowest BCUT2D eigenvalue weighted by atomic mass is 10.1. The summed E-state index contributed by atoms with van der Waals surface area (Å²) in [7, 11) is 0. The average molecular weight is 199 g/mol. The van der Waals surface area contributed by atoms with E-state index in [1.807, 2.05) is 0 Å². The van der Waals surface area contributed by atoms with E-state index in [0.29, 0.717) is 0 Å². The Balaban J connectivity index is 2.66. The van der Waals surface area contributed by atoms with Crippen LogP contribution in [-0.2, 0) is 9.59 Å². The third-order valence-electron chi connectivity index (χ3n) is 1.71. The van der Waals surface area contributed by atoms with E-state index >= 15 is 0 Å². The van der Waals surface area contributed by atoms with Crippen molar-refractivity contribution in [3.05, 3.63) is 12.7 Å². The van der Waals surface area contributed by atoms with Gasteiger partial charge in [0.05, 0.1) is 0 Å². The zero-order valence-corrected chi connectivity index (χ0v) is 7.20. The zero-order chi connectivity index (χ0) is 10.6. The third kappa shape index (κ3) is 2.54. The summed E-state index contributed by atoms with van der Waals surface area (Å²) >= 11 is 0. The molecule has 0 aliphatic rings. The molecule has 0 saturated heterocycles. The van der Waals surface area contributed by atoms with Crippen molar-refractivity contribution in [3.63, 3.8) is 0 Å². The quantitative estimate of drug-likeness (QED) is 0.678. The van der Waals surface area contributed by atoms with Gasteiger partial charge in [-0.3, -0.25) is 4.79 Å². The van der Waals surface area contributed by atoms with Crippen LogP contribution in [0.4, 0.5) is 0 Å². The molecule has 1 rings (SSSR count). The summed E-state index contributed by atoms with van der Waals surface area (Å²) in [5.74, 6) is -2.12. The molecule has 0 fully saturated rings. The van der Waals surface area contributed by atoms with Crippen molar-refractivity contribution in [2.45, 2.75) is 18.9 Å². The van der Waals surface area contributed by atoms with Crippen LogP contribution in [0.1, 0.15) is 18.9 Å². The maximum absolute atomic E-state index is 10.7. The second-order valence-corrected chi connectivity index (χ2v) is 2.70. The lowest BCUT2D eigenvalue weighted by Gasteiger charge is -2.10. The molecular weight excluding hydrogens is 190 g/mol. The second kappa shape index (κ2) is 4.35. The molecule has 0 bridgehead atoms. The number of carbonyl (C=O) groups is 2. The van der Waals surface area contributed by atoms with E-state index in [-0.39, 0.29) is 12.8 Å². The van der Waals surface area contributed by atoms with Crippen molar-refractivity contribution in [1.82, 2.24) is 14.8 Å². The summed E-state index contributed by atoms with van der Waals surface area (Å²) in [6.07, 6.45) is 2.32. The number of hydrogen-bond acceptors (Lipinski definition) is 4. The number of carboxylic acid groups (broad SMARTS) is 2. The second-order valence-electron chi connectivity index (χ2n) is 2.70. The minimum Gasteiger partial charge on any atom is -0.481 e. The molecule has 0 spiro atoms. The summed E-state index contributed by atoms with van der Waals surface area (Å²) in [6, 6.07) is -0.916. The van der Waals surface area contributed by atoms with Crippen molar-refractivity contribution < 1.29 is 19.8 Å². The molecule has 0 aliphatic carbocycles. The predicted octanol–water partition coefficient (Wildman–Crippen LogP) is -0.231. The number of aliphatic carboxylic acids is 2. The van der Waals surface area contributed by atoms with E-state index in [2.05, 4.69) is 10.2 Å². The molecule has 0 aliphatic heterocycles. The Labute approximate surface area is 79.0 Å². The molecule has 0 amide bonds. The largest absolute Gasteiger partial charge is 0.481 e. The Kier molecular flexibility index (Phi) is 3.16.